The number of rotatable bonds is 0. The molecule has 0 saturated heterocycles. The van der Waals surface area contributed by atoms with Gasteiger partial charge in [-0.3, -0.25) is 0 Å². The second-order valence-electron chi connectivity index (χ2n) is 5.36. The Labute approximate surface area is 132 Å². The Morgan fingerprint density at radius 3 is 2.43 bits per heavy atom. The molecule has 2 aromatic carbocycles. The molecule has 4 aromatic rings. The van der Waals surface area contributed by atoms with E-state index in [1.807, 2.05) is 24.3 Å². The van der Waals surface area contributed by atoms with Gasteiger partial charge >= 0.3 is 0 Å². The molecular formula is C17H13Cl2N2+. The molecule has 0 saturated carbocycles. The van der Waals surface area contributed by atoms with E-state index in [4.69, 9.17) is 23.2 Å². The van der Waals surface area contributed by atoms with Gasteiger partial charge in [0.05, 0.1) is 10.9 Å². The number of benzene rings is 2. The van der Waals surface area contributed by atoms with Crippen molar-refractivity contribution in [3.63, 3.8) is 0 Å². The van der Waals surface area contributed by atoms with Crippen LogP contribution in [0.4, 0.5) is 0 Å². The molecular weight excluding hydrogens is 303 g/mol. The third-order valence-electron chi connectivity index (χ3n) is 4.16. The molecule has 2 heterocycles. The molecule has 0 radical (unpaired) electrons. The van der Waals surface area contributed by atoms with Crippen LogP contribution in [0.3, 0.4) is 0 Å². The van der Waals surface area contributed by atoms with Gasteiger partial charge in [0.15, 0.2) is 0 Å². The summed E-state index contributed by atoms with van der Waals surface area (Å²) in [6, 6.07) is 14.2. The number of hydrogen-bond acceptors (Lipinski definition) is 0. The van der Waals surface area contributed by atoms with Crippen LogP contribution in [0.1, 0.15) is 0 Å². The Hall–Kier alpha value is -1.77. The monoisotopic (exact) mass is 315 g/mol. The second kappa shape index (κ2) is 4.36. The Morgan fingerprint density at radius 1 is 0.905 bits per heavy atom. The van der Waals surface area contributed by atoms with E-state index in [9.17, 15) is 0 Å². The molecule has 0 atom stereocenters. The first kappa shape index (κ1) is 12.9. The SMILES string of the molecule is Cn1c2ccc(Cl)cc2c2c1cc1cc(Cl)ccc1[n+]2C. The summed E-state index contributed by atoms with van der Waals surface area (Å²) >= 11 is 12.3. The summed E-state index contributed by atoms with van der Waals surface area (Å²) in [5, 5.41) is 3.81. The Morgan fingerprint density at radius 2 is 1.62 bits per heavy atom. The van der Waals surface area contributed by atoms with Crippen LogP contribution < -0.4 is 4.57 Å². The molecule has 0 N–H and O–H groups in total. The fourth-order valence-corrected chi connectivity index (χ4v) is 3.50. The van der Waals surface area contributed by atoms with Gasteiger partial charge in [-0.1, -0.05) is 23.2 Å². The second-order valence-corrected chi connectivity index (χ2v) is 6.23. The molecule has 0 bridgehead atoms. The minimum absolute atomic E-state index is 0.753. The van der Waals surface area contributed by atoms with Gasteiger partial charge in [-0.15, -0.1) is 0 Å². The Balaban J connectivity index is 2.32. The van der Waals surface area contributed by atoms with E-state index in [0.29, 0.717) is 0 Å². The fourth-order valence-electron chi connectivity index (χ4n) is 3.15. The molecule has 4 rings (SSSR count). The van der Waals surface area contributed by atoms with Crippen molar-refractivity contribution < 1.29 is 4.57 Å². The van der Waals surface area contributed by atoms with Crippen LogP contribution in [0.5, 0.6) is 0 Å². The van der Waals surface area contributed by atoms with Crippen molar-refractivity contribution in [1.29, 1.82) is 0 Å². The number of halogens is 2. The third-order valence-corrected chi connectivity index (χ3v) is 4.63. The van der Waals surface area contributed by atoms with Crippen LogP contribution in [0, 0.1) is 0 Å². The fraction of sp³-hybridized carbons (Fsp3) is 0.118. The van der Waals surface area contributed by atoms with Crippen molar-refractivity contribution in [2.45, 2.75) is 0 Å². The topological polar surface area (TPSA) is 8.81 Å². The average Bonchev–Trinajstić information content (AvgIpc) is 2.71. The molecule has 0 aliphatic rings. The molecule has 4 heteroatoms. The molecule has 0 aliphatic heterocycles. The predicted molar refractivity (Wildman–Crippen MR) is 89.1 cm³/mol. The zero-order chi connectivity index (χ0) is 14.7. The van der Waals surface area contributed by atoms with Gasteiger partial charge < -0.3 is 4.57 Å². The Bertz CT molecular complexity index is 1030. The van der Waals surface area contributed by atoms with Crippen LogP contribution in [0.15, 0.2) is 42.5 Å². The van der Waals surface area contributed by atoms with Crippen molar-refractivity contribution in [2.75, 3.05) is 0 Å². The first-order chi connectivity index (χ1) is 10.1. The van der Waals surface area contributed by atoms with Crippen molar-refractivity contribution in [3.05, 3.63) is 52.5 Å². The molecule has 2 nitrogen and oxygen atoms in total. The highest BCUT2D eigenvalue weighted by Gasteiger charge is 2.19. The van der Waals surface area contributed by atoms with Crippen LogP contribution in [-0.4, -0.2) is 4.57 Å². The first-order valence-electron chi connectivity index (χ1n) is 6.72. The summed E-state index contributed by atoms with van der Waals surface area (Å²) in [7, 11) is 4.16. The standard InChI is InChI=1S/C17H13Cl2N2/c1-20-15-6-4-12(19)9-13(15)17-16(20)8-10-7-11(18)3-5-14(10)21(17)2/h3-9H,1-2H3/q+1. The van der Waals surface area contributed by atoms with E-state index in [1.54, 1.807) is 0 Å². The molecule has 0 amide bonds. The normalized spacial score (nSPS) is 11.8. The summed E-state index contributed by atoms with van der Waals surface area (Å²) in [4.78, 5) is 0. The van der Waals surface area contributed by atoms with Crippen molar-refractivity contribution in [2.24, 2.45) is 14.1 Å². The Kier molecular flexibility index (Phi) is 2.69. The molecule has 2 aromatic heterocycles. The molecule has 0 unspecified atom stereocenters. The number of nitrogens with zero attached hydrogens (tertiary/aromatic N) is 2. The molecule has 0 fully saturated rings. The number of hydrogen-bond donors (Lipinski definition) is 0. The van der Waals surface area contributed by atoms with Gasteiger partial charge in [-0.25, -0.2) is 0 Å². The van der Waals surface area contributed by atoms with Crippen LogP contribution in [-0.2, 0) is 14.1 Å². The predicted octanol–water partition coefficient (Wildman–Crippen LogP) is 4.62. The highest BCUT2D eigenvalue weighted by molar-refractivity contribution is 6.32. The van der Waals surface area contributed by atoms with Crippen LogP contribution >= 0.6 is 23.2 Å². The van der Waals surface area contributed by atoms with Gasteiger partial charge in [-0.05, 0) is 36.4 Å². The minimum Gasteiger partial charge on any atom is -0.338 e. The van der Waals surface area contributed by atoms with Crippen molar-refractivity contribution in [1.82, 2.24) is 4.57 Å². The molecule has 0 aliphatic carbocycles. The highest BCUT2D eigenvalue weighted by Crippen LogP contribution is 2.30. The smallest absolute Gasteiger partial charge is 0.238 e. The lowest BCUT2D eigenvalue weighted by Crippen LogP contribution is -2.29. The summed E-state index contributed by atoms with van der Waals surface area (Å²) in [6.45, 7) is 0. The van der Waals surface area contributed by atoms with E-state index >= 15 is 0 Å². The van der Waals surface area contributed by atoms with E-state index in [0.717, 1.165) is 20.9 Å². The summed E-state index contributed by atoms with van der Waals surface area (Å²) in [6.07, 6.45) is 0. The lowest BCUT2D eigenvalue weighted by atomic mass is 10.1. The van der Waals surface area contributed by atoms with Gasteiger partial charge in [0.25, 0.3) is 0 Å². The van der Waals surface area contributed by atoms with E-state index in [1.165, 1.54) is 21.9 Å². The van der Waals surface area contributed by atoms with Crippen LogP contribution in [0.25, 0.3) is 32.8 Å². The van der Waals surface area contributed by atoms with E-state index in [-0.39, 0.29) is 0 Å². The van der Waals surface area contributed by atoms with E-state index < -0.39 is 0 Å². The number of pyridine rings is 1. The molecule has 104 valence electrons. The zero-order valence-electron chi connectivity index (χ0n) is 11.7. The van der Waals surface area contributed by atoms with Crippen LogP contribution in [0.2, 0.25) is 10.0 Å². The zero-order valence-corrected chi connectivity index (χ0v) is 13.2. The van der Waals surface area contributed by atoms with Gasteiger partial charge in [0, 0.05) is 28.5 Å². The van der Waals surface area contributed by atoms with Crippen molar-refractivity contribution in [3.8, 4) is 0 Å². The molecule has 0 spiro atoms. The summed E-state index contributed by atoms with van der Waals surface area (Å²) in [5.74, 6) is 0. The lowest BCUT2D eigenvalue weighted by molar-refractivity contribution is -0.616. The van der Waals surface area contributed by atoms with E-state index in [2.05, 4.69) is 41.4 Å². The van der Waals surface area contributed by atoms with Gasteiger partial charge in [0.2, 0.25) is 11.0 Å². The maximum absolute atomic E-state index is 6.18. The average molecular weight is 316 g/mol. The minimum atomic E-state index is 0.753. The largest absolute Gasteiger partial charge is 0.338 e. The molecule has 21 heavy (non-hydrogen) atoms. The first-order valence-corrected chi connectivity index (χ1v) is 7.48. The summed E-state index contributed by atoms with van der Waals surface area (Å²) in [5.41, 5.74) is 4.68. The maximum Gasteiger partial charge on any atom is 0.238 e. The number of aryl methyl sites for hydroxylation is 2. The summed E-state index contributed by atoms with van der Waals surface area (Å²) < 4.78 is 4.40. The lowest BCUT2D eigenvalue weighted by Gasteiger charge is -2.01. The third kappa shape index (κ3) is 1.76. The highest BCUT2D eigenvalue weighted by atomic mass is 35.5. The van der Waals surface area contributed by atoms with Crippen molar-refractivity contribution >= 4 is 56.0 Å². The quantitative estimate of drug-likeness (QED) is 0.419. The number of fused-ring (bicyclic) bond motifs is 4. The van der Waals surface area contributed by atoms with Gasteiger partial charge in [0.1, 0.15) is 12.6 Å². The van der Waals surface area contributed by atoms with Gasteiger partial charge in [-0.2, -0.15) is 4.57 Å². The number of aromatic nitrogens is 2. The maximum atomic E-state index is 6.18.